The molecular formula is C20H23N3O7S. The number of non-ortho nitro benzene ring substituents is 1. The van der Waals surface area contributed by atoms with E-state index in [9.17, 15) is 28.1 Å². The van der Waals surface area contributed by atoms with E-state index in [1.54, 1.807) is 25.1 Å². The van der Waals surface area contributed by atoms with Crippen molar-refractivity contribution in [2.45, 2.75) is 19.8 Å². The van der Waals surface area contributed by atoms with Gasteiger partial charge in [-0.1, -0.05) is 18.2 Å². The summed E-state index contributed by atoms with van der Waals surface area (Å²) in [7, 11) is -3.72. The Labute approximate surface area is 180 Å². The van der Waals surface area contributed by atoms with Crippen molar-refractivity contribution >= 4 is 39.0 Å². The van der Waals surface area contributed by atoms with Gasteiger partial charge in [-0.3, -0.25) is 19.2 Å². The van der Waals surface area contributed by atoms with E-state index < -0.39 is 26.8 Å². The zero-order valence-electron chi connectivity index (χ0n) is 17.1. The minimum absolute atomic E-state index is 0.0297. The molecule has 0 aliphatic carbocycles. The number of sulfonamides is 1. The Kier molecular flexibility index (Phi) is 8.08. The number of nitrogens with zero attached hydrogens (tertiary/aromatic N) is 2. The van der Waals surface area contributed by atoms with Crippen LogP contribution in [0.2, 0.25) is 0 Å². The van der Waals surface area contributed by atoms with Crippen molar-refractivity contribution in [2.75, 3.05) is 29.0 Å². The SMILES string of the molecule is CCOC(=O)c1ccccc1NC(=O)CCCN(c1cccc([N+](=O)[O-])c1)S(C)(=O)=O. The van der Waals surface area contributed by atoms with Gasteiger partial charge in [0, 0.05) is 25.1 Å². The van der Waals surface area contributed by atoms with Gasteiger partial charge in [-0.2, -0.15) is 0 Å². The maximum absolute atomic E-state index is 12.3. The van der Waals surface area contributed by atoms with Crippen molar-refractivity contribution in [1.29, 1.82) is 0 Å². The van der Waals surface area contributed by atoms with Crippen LogP contribution in [0.5, 0.6) is 0 Å². The first-order valence-electron chi connectivity index (χ1n) is 9.41. The number of rotatable bonds is 10. The van der Waals surface area contributed by atoms with Gasteiger partial charge < -0.3 is 10.1 Å². The number of nitrogens with one attached hydrogen (secondary N) is 1. The molecule has 0 atom stereocenters. The number of nitro benzene ring substituents is 1. The molecule has 166 valence electrons. The molecule has 0 radical (unpaired) electrons. The maximum Gasteiger partial charge on any atom is 0.340 e. The highest BCUT2D eigenvalue weighted by atomic mass is 32.2. The summed E-state index contributed by atoms with van der Waals surface area (Å²) in [5, 5.41) is 13.6. The quantitative estimate of drug-likeness (QED) is 0.334. The fraction of sp³-hybridized carbons (Fsp3) is 0.300. The van der Waals surface area contributed by atoms with Gasteiger partial charge in [0.1, 0.15) is 0 Å². The normalized spacial score (nSPS) is 10.9. The van der Waals surface area contributed by atoms with Gasteiger partial charge >= 0.3 is 5.97 Å². The minimum Gasteiger partial charge on any atom is -0.462 e. The zero-order valence-corrected chi connectivity index (χ0v) is 17.9. The molecule has 0 unspecified atom stereocenters. The Morgan fingerprint density at radius 3 is 2.52 bits per heavy atom. The monoisotopic (exact) mass is 449 g/mol. The topological polar surface area (TPSA) is 136 Å². The Morgan fingerprint density at radius 1 is 1.16 bits per heavy atom. The molecule has 1 amide bonds. The number of carbonyl (C=O) groups excluding carboxylic acids is 2. The number of nitro groups is 1. The largest absolute Gasteiger partial charge is 0.462 e. The lowest BCUT2D eigenvalue weighted by molar-refractivity contribution is -0.384. The first kappa shape index (κ1) is 23.8. The van der Waals surface area contributed by atoms with Gasteiger partial charge in [-0.05, 0) is 31.5 Å². The number of anilines is 2. The third kappa shape index (κ3) is 6.78. The number of amides is 1. The highest BCUT2D eigenvalue weighted by Crippen LogP contribution is 2.24. The molecule has 10 nitrogen and oxygen atoms in total. The van der Waals surface area contributed by atoms with Crippen LogP contribution in [0.1, 0.15) is 30.1 Å². The molecule has 2 aromatic carbocycles. The number of carbonyl (C=O) groups is 2. The molecule has 1 N–H and O–H groups in total. The van der Waals surface area contributed by atoms with Gasteiger partial charge in [0.05, 0.1) is 34.7 Å². The number of hydrogen-bond donors (Lipinski definition) is 1. The molecule has 0 fully saturated rings. The molecule has 0 bridgehead atoms. The summed E-state index contributed by atoms with van der Waals surface area (Å²) >= 11 is 0. The van der Waals surface area contributed by atoms with Crippen molar-refractivity contribution in [3.8, 4) is 0 Å². The van der Waals surface area contributed by atoms with Crippen molar-refractivity contribution in [3.05, 3.63) is 64.2 Å². The van der Waals surface area contributed by atoms with Crippen LogP contribution >= 0.6 is 0 Å². The van der Waals surface area contributed by atoms with Crippen LogP contribution in [0.25, 0.3) is 0 Å². The van der Waals surface area contributed by atoms with Gasteiger partial charge in [0.2, 0.25) is 15.9 Å². The Balaban J connectivity index is 2.05. The molecule has 0 aliphatic rings. The Morgan fingerprint density at radius 2 is 1.87 bits per heavy atom. The van der Waals surface area contributed by atoms with Gasteiger partial charge in [-0.15, -0.1) is 0 Å². The molecular weight excluding hydrogens is 426 g/mol. The zero-order chi connectivity index (χ0) is 23.0. The average Bonchev–Trinajstić information content (AvgIpc) is 2.71. The van der Waals surface area contributed by atoms with E-state index in [2.05, 4.69) is 5.32 Å². The van der Waals surface area contributed by atoms with Gasteiger partial charge in [-0.25, -0.2) is 13.2 Å². The van der Waals surface area contributed by atoms with E-state index in [0.717, 1.165) is 16.6 Å². The van der Waals surface area contributed by atoms with Crippen LogP contribution in [0.15, 0.2) is 48.5 Å². The molecule has 0 aromatic heterocycles. The van der Waals surface area contributed by atoms with Crippen molar-refractivity contribution in [2.24, 2.45) is 0 Å². The third-order valence-corrected chi connectivity index (χ3v) is 5.38. The van der Waals surface area contributed by atoms with Gasteiger partial charge in [0.15, 0.2) is 0 Å². The van der Waals surface area contributed by atoms with Crippen LogP contribution in [0, 0.1) is 10.1 Å². The Hall–Kier alpha value is -3.47. The molecule has 2 rings (SSSR count). The predicted molar refractivity (Wildman–Crippen MR) is 116 cm³/mol. The fourth-order valence-electron chi connectivity index (χ4n) is 2.82. The first-order chi connectivity index (χ1) is 14.6. The van der Waals surface area contributed by atoms with Crippen molar-refractivity contribution in [1.82, 2.24) is 0 Å². The first-order valence-corrected chi connectivity index (χ1v) is 11.3. The molecule has 0 saturated heterocycles. The van der Waals surface area contributed by atoms with Crippen molar-refractivity contribution in [3.63, 3.8) is 0 Å². The fourth-order valence-corrected chi connectivity index (χ4v) is 3.78. The summed E-state index contributed by atoms with van der Waals surface area (Å²) in [5.74, 6) is -0.975. The lowest BCUT2D eigenvalue weighted by Gasteiger charge is -2.22. The van der Waals surface area contributed by atoms with Gasteiger partial charge in [0.25, 0.3) is 5.69 Å². The standard InChI is InChI=1S/C20H23N3O7S/c1-3-30-20(25)17-10-4-5-11-18(17)21-19(24)12-7-13-22(31(2,28)29)15-8-6-9-16(14-15)23(26)27/h4-6,8-11,14H,3,7,12-13H2,1-2H3,(H,21,24). The second kappa shape index (κ2) is 10.5. The maximum atomic E-state index is 12.3. The summed E-state index contributed by atoms with van der Waals surface area (Å²) < 4.78 is 30.3. The van der Waals surface area contributed by atoms with E-state index in [1.165, 1.54) is 24.3 Å². The minimum atomic E-state index is -3.72. The summed E-state index contributed by atoms with van der Waals surface area (Å²) in [6.45, 7) is 1.82. The van der Waals surface area contributed by atoms with Crippen LogP contribution in [0.3, 0.4) is 0 Å². The average molecular weight is 449 g/mol. The van der Waals surface area contributed by atoms with E-state index in [0.29, 0.717) is 5.69 Å². The van der Waals surface area contributed by atoms with Crippen LogP contribution in [-0.2, 0) is 19.6 Å². The molecule has 0 aliphatic heterocycles. The number of benzene rings is 2. The number of para-hydroxylation sites is 1. The van der Waals surface area contributed by atoms with E-state index in [-0.39, 0.29) is 42.9 Å². The van der Waals surface area contributed by atoms with E-state index in [1.807, 2.05) is 0 Å². The number of ether oxygens (including phenoxy) is 1. The van der Waals surface area contributed by atoms with Crippen LogP contribution < -0.4 is 9.62 Å². The van der Waals surface area contributed by atoms with Crippen LogP contribution in [-0.4, -0.2) is 44.6 Å². The van der Waals surface area contributed by atoms with E-state index in [4.69, 9.17) is 4.74 Å². The smallest absolute Gasteiger partial charge is 0.340 e. The summed E-state index contributed by atoms with van der Waals surface area (Å²) in [6.07, 6.45) is 1.11. The molecule has 31 heavy (non-hydrogen) atoms. The molecule has 11 heteroatoms. The van der Waals surface area contributed by atoms with Crippen LogP contribution in [0.4, 0.5) is 17.1 Å². The number of esters is 1. The second-order valence-electron chi connectivity index (χ2n) is 6.53. The summed E-state index contributed by atoms with van der Waals surface area (Å²) in [6, 6.07) is 11.7. The molecule has 0 heterocycles. The lowest BCUT2D eigenvalue weighted by atomic mass is 10.1. The second-order valence-corrected chi connectivity index (χ2v) is 8.44. The van der Waals surface area contributed by atoms with Crippen molar-refractivity contribution < 1.29 is 27.7 Å². The number of hydrogen-bond acceptors (Lipinski definition) is 7. The highest BCUT2D eigenvalue weighted by molar-refractivity contribution is 7.92. The highest BCUT2D eigenvalue weighted by Gasteiger charge is 2.20. The molecule has 2 aromatic rings. The van der Waals surface area contributed by atoms with E-state index >= 15 is 0 Å². The summed E-state index contributed by atoms with van der Waals surface area (Å²) in [5.41, 5.74) is 0.417. The third-order valence-electron chi connectivity index (χ3n) is 4.19. The lowest BCUT2D eigenvalue weighted by Crippen LogP contribution is -2.31. The molecule has 0 saturated carbocycles. The molecule has 0 spiro atoms. The predicted octanol–water partition coefficient (Wildman–Crippen LogP) is 2.96. The Bertz CT molecular complexity index is 1070. The summed E-state index contributed by atoms with van der Waals surface area (Å²) in [4.78, 5) is 34.7.